The number of para-hydroxylation sites is 1. The van der Waals surface area contributed by atoms with E-state index >= 15 is 0 Å². The van der Waals surface area contributed by atoms with Crippen molar-refractivity contribution in [2.75, 3.05) is 5.32 Å². The predicted molar refractivity (Wildman–Crippen MR) is 63.9 cm³/mol. The van der Waals surface area contributed by atoms with E-state index < -0.39 is 0 Å². The maximum absolute atomic E-state index is 11.7. The summed E-state index contributed by atoms with van der Waals surface area (Å²) in [4.78, 5) is 22.6. The van der Waals surface area contributed by atoms with Crippen LogP contribution in [0.1, 0.15) is 10.5 Å². The van der Waals surface area contributed by atoms with E-state index in [-0.39, 0.29) is 12.5 Å². The zero-order chi connectivity index (χ0) is 11.8. The molecule has 1 aliphatic rings. The van der Waals surface area contributed by atoms with Crippen molar-refractivity contribution in [3.05, 3.63) is 42.1 Å². The van der Waals surface area contributed by atoms with Gasteiger partial charge in [-0.15, -0.1) is 0 Å². The molecule has 0 fully saturated rings. The summed E-state index contributed by atoms with van der Waals surface area (Å²) in [6.45, 7) is 0.172. The maximum atomic E-state index is 11.7. The lowest BCUT2D eigenvalue weighted by Crippen LogP contribution is -2.17. The molecule has 0 saturated heterocycles. The van der Waals surface area contributed by atoms with Gasteiger partial charge < -0.3 is 9.88 Å². The molecule has 0 unspecified atom stereocenters. The topological polar surface area (TPSA) is 51.1 Å². The smallest absolute Gasteiger partial charge is 0.244 e. The van der Waals surface area contributed by atoms with Crippen LogP contribution in [-0.2, 0) is 11.3 Å². The number of hydrogen-bond acceptors (Lipinski definition) is 2. The number of fused-ring (bicyclic) bond motifs is 3. The van der Waals surface area contributed by atoms with Gasteiger partial charge in [0.25, 0.3) is 0 Å². The Morgan fingerprint density at radius 2 is 2.00 bits per heavy atom. The molecule has 1 aromatic heterocycles. The summed E-state index contributed by atoms with van der Waals surface area (Å²) in [5.74, 6) is -0.115. The number of aldehydes is 1. The van der Waals surface area contributed by atoms with Crippen molar-refractivity contribution in [2.24, 2.45) is 0 Å². The van der Waals surface area contributed by atoms with Crippen LogP contribution in [0.2, 0.25) is 0 Å². The Bertz CT molecular complexity index is 614. The van der Waals surface area contributed by atoms with Gasteiger partial charge in [0.2, 0.25) is 5.91 Å². The number of hydrogen-bond donors (Lipinski definition) is 1. The molecule has 1 aliphatic heterocycles. The Balaban J connectivity index is 2.30. The maximum Gasteiger partial charge on any atom is 0.244 e. The van der Waals surface area contributed by atoms with Crippen molar-refractivity contribution >= 4 is 17.9 Å². The van der Waals surface area contributed by atoms with Crippen molar-refractivity contribution in [3.63, 3.8) is 0 Å². The van der Waals surface area contributed by atoms with E-state index in [1.807, 2.05) is 30.3 Å². The number of benzene rings is 1. The van der Waals surface area contributed by atoms with E-state index in [2.05, 4.69) is 5.32 Å². The summed E-state index contributed by atoms with van der Waals surface area (Å²) < 4.78 is 1.73. The standard InChI is InChI=1S/C13H10N2O2/c16-8-9-5-6-12-10-3-1-2-4-11(10)14-13(17)7-15(9)12/h1-6,8H,7H2,(H,14,17). The summed E-state index contributed by atoms with van der Waals surface area (Å²) in [6.07, 6.45) is 0.769. The molecule has 4 nitrogen and oxygen atoms in total. The predicted octanol–water partition coefficient (Wildman–Crippen LogP) is 1.92. The van der Waals surface area contributed by atoms with E-state index in [0.29, 0.717) is 5.69 Å². The highest BCUT2D eigenvalue weighted by Gasteiger charge is 2.19. The molecule has 2 aromatic rings. The minimum Gasteiger partial charge on any atom is -0.329 e. The molecule has 17 heavy (non-hydrogen) atoms. The van der Waals surface area contributed by atoms with Gasteiger partial charge in [-0.25, -0.2) is 0 Å². The number of rotatable bonds is 1. The van der Waals surface area contributed by atoms with Gasteiger partial charge in [0, 0.05) is 5.56 Å². The van der Waals surface area contributed by atoms with Crippen LogP contribution in [0.4, 0.5) is 5.69 Å². The zero-order valence-corrected chi connectivity index (χ0v) is 9.01. The molecule has 84 valence electrons. The molecular formula is C13H10N2O2. The van der Waals surface area contributed by atoms with Crippen molar-refractivity contribution < 1.29 is 9.59 Å². The molecular weight excluding hydrogens is 216 g/mol. The monoisotopic (exact) mass is 226 g/mol. The minimum absolute atomic E-state index is 0.115. The molecule has 1 N–H and O–H groups in total. The van der Waals surface area contributed by atoms with Gasteiger partial charge in [0.05, 0.1) is 17.1 Å². The lowest BCUT2D eigenvalue weighted by atomic mass is 10.1. The number of carbonyl (C=O) groups excluding carboxylic acids is 2. The molecule has 3 rings (SSSR count). The highest BCUT2D eigenvalue weighted by Crippen LogP contribution is 2.31. The number of nitrogens with zero attached hydrogens (tertiary/aromatic N) is 1. The molecule has 1 amide bonds. The SMILES string of the molecule is O=Cc1ccc2n1CC(=O)Nc1ccccc1-2. The molecule has 0 atom stereocenters. The fraction of sp³-hybridized carbons (Fsp3) is 0.0769. The van der Waals surface area contributed by atoms with E-state index in [9.17, 15) is 9.59 Å². The normalized spacial score (nSPS) is 13.3. The summed E-state index contributed by atoms with van der Waals surface area (Å²) >= 11 is 0. The summed E-state index contributed by atoms with van der Waals surface area (Å²) in [5, 5.41) is 2.83. The summed E-state index contributed by atoms with van der Waals surface area (Å²) in [6, 6.07) is 11.2. The van der Waals surface area contributed by atoms with Gasteiger partial charge in [0.15, 0.2) is 6.29 Å². The van der Waals surface area contributed by atoms with Gasteiger partial charge in [-0.05, 0) is 18.2 Å². The van der Waals surface area contributed by atoms with Gasteiger partial charge in [-0.3, -0.25) is 9.59 Å². The van der Waals surface area contributed by atoms with Crippen molar-refractivity contribution in [3.8, 4) is 11.3 Å². The Morgan fingerprint density at radius 3 is 2.82 bits per heavy atom. The Kier molecular flexibility index (Phi) is 2.08. The largest absolute Gasteiger partial charge is 0.329 e. The quantitative estimate of drug-likeness (QED) is 0.755. The molecule has 0 radical (unpaired) electrons. The van der Waals surface area contributed by atoms with Crippen LogP contribution in [0.25, 0.3) is 11.3 Å². The zero-order valence-electron chi connectivity index (χ0n) is 9.01. The third kappa shape index (κ3) is 1.45. The first-order valence-electron chi connectivity index (χ1n) is 5.33. The minimum atomic E-state index is -0.115. The van der Waals surface area contributed by atoms with Gasteiger partial charge >= 0.3 is 0 Å². The van der Waals surface area contributed by atoms with Crippen molar-refractivity contribution in [1.29, 1.82) is 0 Å². The fourth-order valence-corrected chi connectivity index (χ4v) is 2.15. The first-order valence-corrected chi connectivity index (χ1v) is 5.33. The van der Waals surface area contributed by atoms with Crippen LogP contribution >= 0.6 is 0 Å². The third-order valence-corrected chi connectivity index (χ3v) is 2.91. The van der Waals surface area contributed by atoms with Crippen LogP contribution in [0.3, 0.4) is 0 Å². The van der Waals surface area contributed by atoms with E-state index in [0.717, 1.165) is 23.2 Å². The highest BCUT2D eigenvalue weighted by atomic mass is 16.2. The van der Waals surface area contributed by atoms with Gasteiger partial charge in [-0.2, -0.15) is 0 Å². The number of anilines is 1. The van der Waals surface area contributed by atoms with Crippen LogP contribution in [0.15, 0.2) is 36.4 Å². The molecule has 0 spiro atoms. The third-order valence-electron chi connectivity index (χ3n) is 2.91. The highest BCUT2D eigenvalue weighted by molar-refractivity contribution is 5.98. The Labute approximate surface area is 97.9 Å². The number of nitrogens with one attached hydrogen (secondary N) is 1. The molecule has 0 bridgehead atoms. The van der Waals surface area contributed by atoms with Crippen molar-refractivity contribution in [1.82, 2.24) is 4.57 Å². The number of aromatic nitrogens is 1. The first-order chi connectivity index (χ1) is 8.29. The fourth-order valence-electron chi connectivity index (χ4n) is 2.15. The number of carbonyl (C=O) groups is 2. The lowest BCUT2D eigenvalue weighted by Gasteiger charge is -2.06. The molecule has 4 heteroatoms. The summed E-state index contributed by atoms with van der Waals surface area (Å²) in [7, 11) is 0. The van der Waals surface area contributed by atoms with Gasteiger partial charge in [0.1, 0.15) is 6.54 Å². The molecule has 0 aliphatic carbocycles. The lowest BCUT2D eigenvalue weighted by molar-refractivity contribution is -0.116. The second-order valence-corrected chi connectivity index (χ2v) is 3.94. The summed E-state index contributed by atoms with van der Waals surface area (Å²) in [5.41, 5.74) is 3.13. The van der Waals surface area contributed by atoms with Crippen LogP contribution in [0.5, 0.6) is 0 Å². The van der Waals surface area contributed by atoms with Crippen LogP contribution in [-0.4, -0.2) is 16.8 Å². The van der Waals surface area contributed by atoms with Crippen LogP contribution in [0, 0.1) is 0 Å². The Hall–Kier alpha value is -2.36. The first kappa shape index (κ1) is 9.84. The second-order valence-electron chi connectivity index (χ2n) is 3.94. The van der Waals surface area contributed by atoms with E-state index in [1.165, 1.54) is 0 Å². The van der Waals surface area contributed by atoms with E-state index in [4.69, 9.17) is 0 Å². The second kappa shape index (κ2) is 3.59. The molecule has 2 heterocycles. The average Bonchev–Trinajstić information content (AvgIpc) is 2.66. The van der Waals surface area contributed by atoms with Crippen molar-refractivity contribution in [2.45, 2.75) is 6.54 Å². The molecule has 0 saturated carbocycles. The van der Waals surface area contributed by atoms with Crippen LogP contribution < -0.4 is 5.32 Å². The van der Waals surface area contributed by atoms with E-state index in [1.54, 1.807) is 10.6 Å². The molecule has 1 aromatic carbocycles. The average molecular weight is 226 g/mol. The number of amides is 1. The van der Waals surface area contributed by atoms with Gasteiger partial charge in [-0.1, -0.05) is 18.2 Å². The Morgan fingerprint density at radius 1 is 1.18 bits per heavy atom.